The van der Waals surface area contributed by atoms with E-state index in [1.165, 1.54) is 6.07 Å². The summed E-state index contributed by atoms with van der Waals surface area (Å²) in [4.78, 5) is 10.6. The third-order valence-corrected chi connectivity index (χ3v) is 4.94. The molecule has 1 aromatic heterocycles. The maximum atomic E-state index is 14.4. The molecular formula is C20H21FN6O2S. The van der Waals surface area contributed by atoms with Gasteiger partial charge >= 0.3 is 0 Å². The molecule has 0 bridgehead atoms. The smallest absolute Gasteiger partial charge is 0.201 e. The van der Waals surface area contributed by atoms with Crippen LogP contribution in [0.15, 0.2) is 36.5 Å². The number of rotatable bonds is 8. The van der Waals surface area contributed by atoms with Gasteiger partial charge in [0.1, 0.15) is 28.8 Å². The van der Waals surface area contributed by atoms with Crippen molar-refractivity contribution in [3.63, 3.8) is 0 Å². The second-order valence-electron chi connectivity index (χ2n) is 6.80. The van der Waals surface area contributed by atoms with Crippen molar-refractivity contribution < 1.29 is 12.8 Å². The highest BCUT2D eigenvalue weighted by Crippen LogP contribution is 2.29. The topological polar surface area (TPSA) is 111 Å². The highest BCUT2D eigenvalue weighted by molar-refractivity contribution is 7.70. The zero-order chi connectivity index (χ0) is 21.7. The lowest BCUT2D eigenvalue weighted by Crippen LogP contribution is -2.13. The number of fused-ring (bicyclic) bond motifs is 1. The van der Waals surface area contributed by atoms with Crippen LogP contribution in [0, 0.1) is 17.1 Å². The normalized spacial score (nSPS) is 10.9. The average molecular weight is 428 g/mol. The van der Waals surface area contributed by atoms with E-state index >= 15 is 0 Å². The number of aromatic nitrogens is 2. The Morgan fingerprint density at radius 3 is 2.70 bits per heavy atom. The van der Waals surface area contributed by atoms with Gasteiger partial charge in [0.25, 0.3) is 0 Å². The summed E-state index contributed by atoms with van der Waals surface area (Å²) in [6, 6.07) is 10.2. The molecule has 0 aliphatic rings. The standard InChI is InChI=1S/C20H21FN6O2S/c1-27(2)19-12-23-17-8-7-16(14(11-22)20(17)26-19)25-18-10-13(5-6-15(18)21)4-3-9-24-30(28)29/h5-8,10,12,25,30H,3-4,9H2,1-2H3,(H,24,28,29). The first kappa shape index (κ1) is 21.4. The minimum absolute atomic E-state index is 0.225. The molecule has 2 N–H and O–H groups in total. The zero-order valence-electron chi connectivity index (χ0n) is 16.5. The largest absolute Gasteiger partial charge is 0.361 e. The summed E-state index contributed by atoms with van der Waals surface area (Å²) in [5.41, 5.74) is 2.77. The van der Waals surface area contributed by atoms with Crippen LogP contribution in [0.2, 0.25) is 0 Å². The van der Waals surface area contributed by atoms with Crippen molar-refractivity contribution in [1.29, 1.82) is 5.26 Å². The van der Waals surface area contributed by atoms with Crippen molar-refractivity contribution >= 4 is 39.1 Å². The predicted octanol–water partition coefficient (Wildman–Crippen LogP) is 2.50. The summed E-state index contributed by atoms with van der Waals surface area (Å²) in [5, 5.41) is 12.7. The molecule has 3 aromatic rings. The molecular weight excluding hydrogens is 407 g/mol. The van der Waals surface area contributed by atoms with E-state index in [1.807, 2.05) is 14.1 Å². The van der Waals surface area contributed by atoms with Crippen LogP contribution in [0.3, 0.4) is 0 Å². The van der Waals surface area contributed by atoms with Crippen LogP contribution in [-0.2, 0) is 17.3 Å². The number of aryl methyl sites for hydroxylation is 1. The van der Waals surface area contributed by atoms with Gasteiger partial charge in [-0.1, -0.05) is 6.07 Å². The number of nitrogens with one attached hydrogen (secondary N) is 2. The van der Waals surface area contributed by atoms with Crippen LogP contribution in [0.1, 0.15) is 17.5 Å². The van der Waals surface area contributed by atoms with Crippen LogP contribution in [0.4, 0.5) is 21.6 Å². The van der Waals surface area contributed by atoms with Crippen molar-refractivity contribution in [2.24, 2.45) is 0 Å². The first-order chi connectivity index (χ1) is 14.4. The fourth-order valence-corrected chi connectivity index (χ4v) is 3.27. The fraction of sp³-hybridized carbons (Fsp3) is 0.250. The van der Waals surface area contributed by atoms with E-state index in [0.717, 1.165) is 5.56 Å². The molecule has 10 heteroatoms. The Kier molecular flexibility index (Phi) is 6.76. The van der Waals surface area contributed by atoms with E-state index in [2.05, 4.69) is 26.1 Å². The van der Waals surface area contributed by atoms with E-state index in [0.29, 0.717) is 41.9 Å². The molecule has 156 valence electrons. The number of thiol groups is 1. The Morgan fingerprint density at radius 1 is 1.20 bits per heavy atom. The van der Waals surface area contributed by atoms with Crippen LogP contribution in [-0.4, -0.2) is 39.0 Å². The molecule has 0 aliphatic carbocycles. The number of hydrogen-bond donors (Lipinski definition) is 3. The van der Waals surface area contributed by atoms with Crippen molar-refractivity contribution in [3.05, 3.63) is 53.5 Å². The van der Waals surface area contributed by atoms with Gasteiger partial charge in [0.15, 0.2) is 0 Å². The summed E-state index contributed by atoms with van der Waals surface area (Å²) in [7, 11) is 1.04. The van der Waals surface area contributed by atoms with E-state index in [4.69, 9.17) is 0 Å². The summed E-state index contributed by atoms with van der Waals surface area (Å²) in [5.74, 6) is 0.148. The molecule has 0 saturated carbocycles. The highest BCUT2D eigenvalue weighted by atomic mass is 32.2. The van der Waals surface area contributed by atoms with Gasteiger partial charge in [0.05, 0.1) is 23.1 Å². The molecule has 8 nitrogen and oxygen atoms in total. The summed E-state index contributed by atoms with van der Waals surface area (Å²) < 4.78 is 37.8. The van der Waals surface area contributed by atoms with Crippen molar-refractivity contribution in [2.75, 3.05) is 30.9 Å². The molecule has 0 aliphatic heterocycles. The molecule has 0 atom stereocenters. The number of benzene rings is 2. The first-order valence-electron chi connectivity index (χ1n) is 9.19. The number of anilines is 3. The van der Waals surface area contributed by atoms with Gasteiger partial charge in [-0.2, -0.15) is 5.26 Å². The quantitative estimate of drug-likeness (QED) is 0.373. The molecule has 2 aromatic carbocycles. The maximum absolute atomic E-state index is 14.4. The van der Waals surface area contributed by atoms with Gasteiger partial charge < -0.3 is 10.2 Å². The number of nitriles is 1. The van der Waals surface area contributed by atoms with E-state index in [-0.39, 0.29) is 11.3 Å². The summed E-state index contributed by atoms with van der Waals surface area (Å²) in [6.45, 7) is 0.314. The Hall–Kier alpha value is -3.29. The lowest BCUT2D eigenvalue weighted by Gasteiger charge is -2.14. The molecule has 0 spiro atoms. The molecule has 0 unspecified atom stereocenters. The second kappa shape index (κ2) is 9.47. The van der Waals surface area contributed by atoms with Crippen molar-refractivity contribution in [2.45, 2.75) is 12.8 Å². The molecule has 0 amide bonds. The van der Waals surface area contributed by atoms with Crippen LogP contribution in [0.5, 0.6) is 0 Å². The minimum atomic E-state index is -2.62. The molecule has 0 fully saturated rings. The molecule has 1 heterocycles. The van der Waals surface area contributed by atoms with E-state index < -0.39 is 16.7 Å². The third kappa shape index (κ3) is 5.00. The fourth-order valence-electron chi connectivity index (χ4n) is 2.93. The van der Waals surface area contributed by atoms with Crippen molar-refractivity contribution in [1.82, 2.24) is 14.7 Å². The van der Waals surface area contributed by atoms with Gasteiger partial charge in [-0.05, 0) is 42.7 Å². The monoisotopic (exact) mass is 428 g/mol. The summed E-state index contributed by atoms with van der Waals surface area (Å²) >= 11 is 0. The lowest BCUT2D eigenvalue weighted by molar-refractivity contribution is 0.599. The average Bonchev–Trinajstić information content (AvgIpc) is 2.72. The Labute approximate surface area is 175 Å². The number of halogens is 1. The van der Waals surface area contributed by atoms with Gasteiger partial charge in [-0.25, -0.2) is 22.5 Å². The van der Waals surface area contributed by atoms with Gasteiger partial charge in [-0.15, -0.1) is 0 Å². The van der Waals surface area contributed by atoms with E-state index in [9.17, 15) is 18.1 Å². The lowest BCUT2D eigenvalue weighted by atomic mass is 10.1. The SMILES string of the molecule is CN(C)c1cnc2ccc(Nc3cc(CCCN[SH](=O)=O)ccc3F)c(C#N)c2n1. The highest BCUT2D eigenvalue weighted by Gasteiger charge is 2.13. The third-order valence-electron chi connectivity index (χ3n) is 4.46. The number of nitrogens with zero attached hydrogens (tertiary/aromatic N) is 4. The van der Waals surface area contributed by atoms with Gasteiger partial charge in [0, 0.05) is 20.6 Å². The maximum Gasteiger partial charge on any atom is 0.201 e. The van der Waals surface area contributed by atoms with Gasteiger partial charge in [-0.3, -0.25) is 4.98 Å². The summed E-state index contributed by atoms with van der Waals surface area (Å²) in [6.07, 6.45) is 2.78. The van der Waals surface area contributed by atoms with Crippen LogP contribution in [0.25, 0.3) is 11.0 Å². The molecule has 0 saturated heterocycles. The zero-order valence-corrected chi connectivity index (χ0v) is 17.4. The van der Waals surface area contributed by atoms with Gasteiger partial charge in [0.2, 0.25) is 10.9 Å². The predicted molar refractivity (Wildman–Crippen MR) is 115 cm³/mol. The number of hydrogen-bond acceptors (Lipinski definition) is 7. The van der Waals surface area contributed by atoms with Crippen molar-refractivity contribution in [3.8, 4) is 6.07 Å². The molecule has 0 radical (unpaired) electrons. The minimum Gasteiger partial charge on any atom is -0.361 e. The molecule has 3 rings (SSSR count). The first-order valence-corrected chi connectivity index (χ1v) is 10.4. The Balaban J connectivity index is 1.90. The van der Waals surface area contributed by atoms with Crippen LogP contribution < -0.4 is 14.9 Å². The second-order valence-corrected chi connectivity index (χ2v) is 7.63. The molecule has 30 heavy (non-hydrogen) atoms. The van der Waals surface area contributed by atoms with E-state index in [1.54, 1.807) is 35.4 Å². The Morgan fingerprint density at radius 2 is 2.00 bits per heavy atom. The Bertz CT molecular complexity index is 1180. The van der Waals surface area contributed by atoms with Crippen LogP contribution >= 0.6 is 0 Å².